The molecular formula is C14H30N2O2. The molecule has 0 aromatic rings. The Morgan fingerprint density at radius 1 is 1.06 bits per heavy atom. The van der Waals surface area contributed by atoms with E-state index in [1.165, 1.54) is 19.3 Å². The van der Waals surface area contributed by atoms with Gasteiger partial charge < -0.3 is 15.2 Å². The molecule has 0 saturated heterocycles. The Kier molecular flexibility index (Phi) is 8.59. The summed E-state index contributed by atoms with van der Waals surface area (Å²) in [6.07, 6.45) is 3.87. The number of hydrogen-bond donors (Lipinski definition) is 1. The number of hydrogen-bond acceptors (Lipinski definition) is 4. The van der Waals surface area contributed by atoms with Gasteiger partial charge in [0, 0.05) is 32.3 Å². The lowest BCUT2D eigenvalue weighted by atomic mass is 10.0. The van der Waals surface area contributed by atoms with Crippen molar-refractivity contribution in [3.8, 4) is 0 Å². The molecule has 1 aliphatic carbocycles. The summed E-state index contributed by atoms with van der Waals surface area (Å²) < 4.78 is 11.0. The molecule has 0 aromatic carbocycles. The SMILES string of the molecule is CCOCCN(CCOCC)C1CCCC1CN. The van der Waals surface area contributed by atoms with Crippen molar-refractivity contribution >= 4 is 0 Å². The molecule has 0 aliphatic heterocycles. The highest BCUT2D eigenvalue weighted by molar-refractivity contribution is 4.86. The first-order valence-electron chi connectivity index (χ1n) is 7.43. The first-order valence-corrected chi connectivity index (χ1v) is 7.43. The van der Waals surface area contributed by atoms with Gasteiger partial charge in [0.25, 0.3) is 0 Å². The molecule has 0 amide bonds. The lowest BCUT2D eigenvalue weighted by Gasteiger charge is -2.32. The molecule has 1 saturated carbocycles. The van der Waals surface area contributed by atoms with Crippen molar-refractivity contribution in [2.24, 2.45) is 11.7 Å². The highest BCUT2D eigenvalue weighted by Gasteiger charge is 2.30. The molecule has 18 heavy (non-hydrogen) atoms. The van der Waals surface area contributed by atoms with Gasteiger partial charge in [0.1, 0.15) is 0 Å². The Hall–Kier alpha value is -0.160. The maximum Gasteiger partial charge on any atom is 0.0593 e. The summed E-state index contributed by atoms with van der Waals surface area (Å²) in [5, 5.41) is 0. The molecule has 108 valence electrons. The Morgan fingerprint density at radius 2 is 1.67 bits per heavy atom. The van der Waals surface area contributed by atoms with Gasteiger partial charge in [-0.15, -0.1) is 0 Å². The Morgan fingerprint density at radius 3 is 2.17 bits per heavy atom. The lowest BCUT2D eigenvalue weighted by molar-refractivity contribution is 0.0539. The molecule has 1 rings (SSSR count). The minimum absolute atomic E-state index is 0.635. The van der Waals surface area contributed by atoms with E-state index in [9.17, 15) is 0 Å². The van der Waals surface area contributed by atoms with Gasteiger partial charge in [-0.3, -0.25) is 4.90 Å². The molecule has 1 aliphatic rings. The van der Waals surface area contributed by atoms with Crippen molar-refractivity contribution < 1.29 is 9.47 Å². The van der Waals surface area contributed by atoms with Crippen LogP contribution in [0.1, 0.15) is 33.1 Å². The van der Waals surface area contributed by atoms with Crippen LogP contribution >= 0.6 is 0 Å². The van der Waals surface area contributed by atoms with Gasteiger partial charge in [-0.05, 0) is 39.2 Å². The van der Waals surface area contributed by atoms with Crippen LogP contribution in [0.3, 0.4) is 0 Å². The van der Waals surface area contributed by atoms with E-state index in [2.05, 4.69) is 4.90 Å². The van der Waals surface area contributed by atoms with Crippen LogP contribution in [0.2, 0.25) is 0 Å². The number of nitrogens with zero attached hydrogens (tertiary/aromatic N) is 1. The van der Waals surface area contributed by atoms with Crippen LogP contribution in [0.4, 0.5) is 0 Å². The van der Waals surface area contributed by atoms with Crippen molar-refractivity contribution in [3.05, 3.63) is 0 Å². The monoisotopic (exact) mass is 258 g/mol. The zero-order valence-corrected chi connectivity index (χ0v) is 12.1. The highest BCUT2D eigenvalue weighted by atomic mass is 16.5. The van der Waals surface area contributed by atoms with E-state index >= 15 is 0 Å². The minimum Gasteiger partial charge on any atom is -0.380 e. The van der Waals surface area contributed by atoms with Gasteiger partial charge in [0.2, 0.25) is 0 Å². The molecule has 2 atom stereocenters. The smallest absolute Gasteiger partial charge is 0.0593 e. The van der Waals surface area contributed by atoms with Crippen LogP contribution in [0.15, 0.2) is 0 Å². The molecule has 0 bridgehead atoms. The maximum absolute atomic E-state index is 5.88. The fourth-order valence-electron chi connectivity index (χ4n) is 2.87. The second-order valence-electron chi connectivity index (χ2n) is 4.92. The van der Waals surface area contributed by atoms with E-state index in [0.29, 0.717) is 12.0 Å². The predicted octanol–water partition coefficient (Wildman–Crippen LogP) is 1.49. The lowest BCUT2D eigenvalue weighted by Crippen LogP contribution is -2.43. The van der Waals surface area contributed by atoms with E-state index in [1.54, 1.807) is 0 Å². The normalized spacial score (nSPS) is 24.0. The molecule has 0 aromatic heterocycles. The molecule has 2 unspecified atom stereocenters. The van der Waals surface area contributed by atoms with Crippen molar-refractivity contribution in [1.29, 1.82) is 0 Å². The topological polar surface area (TPSA) is 47.7 Å². The van der Waals surface area contributed by atoms with E-state index in [1.807, 2.05) is 13.8 Å². The van der Waals surface area contributed by atoms with E-state index in [4.69, 9.17) is 15.2 Å². The Balaban J connectivity index is 2.41. The van der Waals surface area contributed by atoms with Crippen molar-refractivity contribution in [2.75, 3.05) is 46.1 Å². The first-order chi connectivity index (χ1) is 8.83. The first kappa shape index (κ1) is 15.9. The average molecular weight is 258 g/mol. The third-order valence-corrected chi connectivity index (χ3v) is 3.84. The average Bonchev–Trinajstić information content (AvgIpc) is 2.85. The summed E-state index contributed by atoms with van der Waals surface area (Å²) in [5.41, 5.74) is 5.88. The maximum atomic E-state index is 5.88. The molecule has 0 radical (unpaired) electrons. The standard InChI is InChI=1S/C14H30N2O2/c1-3-17-10-8-16(9-11-18-4-2)14-7-5-6-13(14)12-15/h13-14H,3-12,15H2,1-2H3. The highest BCUT2D eigenvalue weighted by Crippen LogP contribution is 2.29. The largest absolute Gasteiger partial charge is 0.380 e. The quantitative estimate of drug-likeness (QED) is 0.603. The zero-order chi connectivity index (χ0) is 13.2. The molecule has 4 heteroatoms. The molecule has 0 heterocycles. The Bertz CT molecular complexity index is 192. The second kappa shape index (κ2) is 9.73. The third kappa shape index (κ3) is 5.22. The number of ether oxygens (including phenoxy) is 2. The molecule has 2 N–H and O–H groups in total. The predicted molar refractivity (Wildman–Crippen MR) is 74.7 cm³/mol. The van der Waals surface area contributed by atoms with Crippen molar-refractivity contribution in [2.45, 2.75) is 39.2 Å². The molecule has 0 spiro atoms. The summed E-state index contributed by atoms with van der Waals surface area (Å²) >= 11 is 0. The van der Waals surface area contributed by atoms with Gasteiger partial charge >= 0.3 is 0 Å². The number of nitrogens with two attached hydrogens (primary N) is 1. The third-order valence-electron chi connectivity index (χ3n) is 3.84. The van der Waals surface area contributed by atoms with Gasteiger partial charge in [-0.25, -0.2) is 0 Å². The minimum atomic E-state index is 0.635. The van der Waals surface area contributed by atoms with Crippen LogP contribution in [-0.2, 0) is 9.47 Å². The fourth-order valence-corrected chi connectivity index (χ4v) is 2.87. The van der Waals surface area contributed by atoms with Crippen LogP contribution in [-0.4, -0.2) is 57.0 Å². The summed E-state index contributed by atoms with van der Waals surface area (Å²) in [6, 6.07) is 0.635. The zero-order valence-electron chi connectivity index (χ0n) is 12.1. The summed E-state index contributed by atoms with van der Waals surface area (Å²) in [4.78, 5) is 2.52. The van der Waals surface area contributed by atoms with Crippen LogP contribution in [0.5, 0.6) is 0 Å². The van der Waals surface area contributed by atoms with Gasteiger partial charge in [0.15, 0.2) is 0 Å². The van der Waals surface area contributed by atoms with Gasteiger partial charge in [0.05, 0.1) is 13.2 Å². The summed E-state index contributed by atoms with van der Waals surface area (Å²) in [7, 11) is 0. The van der Waals surface area contributed by atoms with Crippen molar-refractivity contribution in [1.82, 2.24) is 4.90 Å². The van der Waals surface area contributed by atoms with Crippen LogP contribution in [0.25, 0.3) is 0 Å². The van der Waals surface area contributed by atoms with E-state index in [0.717, 1.165) is 46.1 Å². The van der Waals surface area contributed by atoms with Crippen LogP contribution < -0.4 is 5.73 Å². The second-order valence-corrected chi connectivity index (χ2v) is 4.92. The van der Waals surface area contributed by atoms with Crippen molar-refractivity contribution in [3.63, 3.8) is 0 Å². The summed E-state index contributed by atoms with van der Waals surface area (Å²) in [5.74, 6) is 0.660. The number of rotatable bonds is 10. The molecule has 4 nitrogen and oxygen atoms in total. The summed E-state index contributed by atoms with van der Waals surface area (Å²) in [6.45, 7) is 10.1. The van der Waals surface area contributed by atoms with Crippen LogP contribution in [0, 0.1) is 5.92 Å². The Labute approximate surface area is 112 Å². The molecular weight excluding hydrogens is 228 g/mol. The van der Waals surface area contributed by atoms with E-state index in [-0.39, 0.29) is 0 Å². The van der Waals surface area contributed by atoms with Gasteiger partial charge in [-0.2, -0.15) is 0 Å². The van der Waals surface area contributed by atoms with E-state index < -0.39 is 0 Å². The molecule has 1 fully saturated rings. The fraction of sp³-hybridized carbons (Fsp3) is 1.00. The van der Waals surface area contributed by atoms with Gasteiger partial charge in [-0.1, -0.05) is 6.42 Å².